The summed E-state index contributed by atoms with van der Waals surface area (Å²) in [5, 5.41) is 17.9. The summed E-state index contributed by atoms with van der Waals surface area (Å²) in [5.74, 6) is 0.781. The SMILES string of the molecule is Cc1c(Cl)cccc1CC(=O)CCc1nnc(CCC(=O)O)n1C1CC1. The molecule has 0 unspecified atom stereocenters. The highest BCUT2D eigenvalue weighted by molar-refractivity contribution is 6.31. The van der Waals surface area contributed by atoms with Gasteiger partial charge in [0.1, 0.15) is 17.4 Å². The molecule has 0 bridgehead atoms. The number of carbonyl (C=O) groups excluding carboxylic acids is 1. The van der Waals surface area contributed by atoms with Crippen LogP contribution in [-0.2, 0) is 28.9 Å². The van der Waals surface area contributed by atoms with Gasteiger partial charge in [-0.15, -0.1) is 10.2 Å². The first-order valence-corrected chi connectivity index (χ1v) is 9.23. The maximum atomic E-state index is 12.4. The molecule has 26 heavy (non-hydrogen) atoms. The fourth-order valence-electron chi connectivity index (χ4n) is 3.07. The highest BCUT2D eigenvalue weighted by Crippen LogP contribution is 2.37. The standard InChI is InChI=1S/C19H22ClN3O3/c1-12-13(3-2-4-16(12)20)11-15(24)7-8-17-21-22-18(9-10-19(25)26)23(17)14-5-6-14/h2-4,14H,5-11H2,1H3,(H,25,26). The van der Waals surface area contributed by atoms with E-state index in [1.54, 1.807) is 0 Å². The third-order valence-corrected chi connectivity index (χ3v) is 5.12. The molecule has 0 saturated heterocycles. The molecule has 7 heteroatoms. The molecule has 138 valence electrons. The second-order valence-corrected chi connectivity index (χ2v) is 7.17. The first-order valence-electron chi connectivity index (χ1n) is 8.86. The first-order chi connectivity index (χ1) is 12.5. The molecule has 1 aromatic carbocycles. The lowest BCUT2D eigenvalue weighted by Gasteiger charge is -2.09. The van der Waals surface area contributed by atoms with Crippen LogP contribution in [0.5, 0.6) is 0 Å². The molecule has 1 heterocycles. The Morgan fingerprint density at radius 3 is 2.46 bits per heavy atom. The Labute approximate surface area is 157 Å². The lowest BCUT2D eigenvalue weighted by atomic mass is 10.0. The molecular formula is C19H22ClN3O3. The number of hydrogen-bond donors (Lipinski definition) is 1. The highest BCUT2D eigenvalue weighted by Gasteiger charge is 2.29. The number of benzene rings is 1. The maximum Gasteiger partial charge on any atom is 0.303 e. The molecule has 0 atom stereocenters. The fourth-order valence-corrected chi connectivity index (χ4v) is 3.26. The van der Waals surface area contributed by atoms with Crippen LogP contribution in [0.1, 0.15) is 54.5 Å². The molecule has 6 nitrogen and oxygen atoms in total. The average molecular weight is 376 g/mol. The van der Waals surface area contributed by atoms with Crippen molar-refractivity contribution < 1.29 is 14.7 Å². The van der Waals surface area contributed by atoms with Gasteiger partial charge >= 0.3 is 5.97 Å². The Morgan fingerprint density at radius 1 is 1.19 bits per heavy atom. The normalized spacial score (nSPS) is 13.8. The van der Waals surface area contributed by atoms with Gasteiger partial charge in [-0.2, -0.15) is 0 Å². The van der Waals surface area contributed by atoms with Crippen LogP contribution in [0.4, 0.5) is 0 Å². The molecular weight excluding hydrogens is 354 g/mol. The minimum atomic E-state index is -0.844. The van der Waals surface area contributed by atoms with Crippen molar-refractivity contribution in [3.8, 4) is 0 Å². The van der Waals surface area contributed by atoms with E-state index >= 15 is 0 Å². The zero-order chi connectivity index (χ0) is 18.7. The number of halogens is 1. The minimum Gasteiger partial charge on any atom is -0.481 e. The fraction of sp³-hybridized carbons (Fsp3) is 0.474. The van der Waals surface area contributed by atoms with Crippen LogP contribution in [0.3, 0.4) is 0 Å². The third-order valence-electron chi connectivity index (χ3n) is 4.71. The molecule has 0 radical (unpaired) electrons. The van der Waals surface area contributed by atoms with Gasteiger partial charge in [-0.1, -0.05) is 23.7 Å². The van der Waals surface area contributed by atoms with Crippen molar-refractivity contribution >= 4 is 23.4 Å². The predicted octanol–water partition coefficient (Wildman–Crippen LogP) is 3.34. The van der Waals surface area contributed by atoms with Crippen LogP contribution in [0.2, 0.25) is 5.02 Å². The largest absolute Gasteiger partial charge is 0.481 e. The lowest BCUT2D eigenvalue weighted by Crippen LogP contribution is -2.11. The van der Waals surface area contributed by atoms with Crippen molar-refractivity contribution in [2.75, 3.05) is 0 Å². The monoisotopic (exact) mass is 375 g/mol. The number of rotatable bonds is 9. The second-order valence-electron chi connectivity index (χ2n) is 6.77. The number of ketones is 1. The van der Waals surface area contributed by atoms with Crippen molar-refractivity contribution in [1.29, 1.82) is 0 Å². The Kier molecular flexibility index (Phi) is 5.71. The van der Waals surface area contributed by atoms with Gasteiger partial charge in [0.25, 0.3) is 0 Å². The first kappa shape index (κ1) is 18.6. The summed E-state index contributed by atoms with van der Waals surface area (Å²) in [7, 11) is 0. The molecule has 1 aliphatic rings. The summed E-state index contributed by atoms with van der Waals surface area (Å²) in [6.07, 6.45) is 3.79. The summed E-state index contributed by atoms with van der Waals surface area (Å²) in [6.45, 7) is 1.92. The molecule has 1 aliphatic carbocycles. The van der Waals surface area contributed by atoms with E-state index in [1.165, 1.54) is 0 Å². The number of aromatic nitrogens is 3. The number of aliphatic carboxylic acids is 1. The zero-order valence-corrected chi connectivity index (χ0v) is 15.5. The minimum absolute atomic E-state index is 0.0395. The number of hydrogen-bond acceptors (Lipinski definition) is 4. The average Bonchev–Trinajstić information content (AvgIpc) is 3.35. The van der Waals surface area contributed by atoms with E-state index < -0.39 is 5.97 Å². The quantitative estimate of drug-likeness (QED) is 0.726. The summed E-state index contributed by atoms with van der Waals surface area (Å²) in [4.78, 5) is 23.2. The van der Waals surface area contributed by atoms with Gasteiger partial charge in [0.05, 0.1) is 6.42 Å². The Bertz CT molecular complexity index is 827. The van der Waals surface area contributed by atoms with Gasteiger partial charge in [0, 0.05) is 36.7 Å². The number of aryl methyl sites for hydroxylation is 2. The van der Waals surface area contributed by atoms with Crippen molar-refractivity contribution in [1.82, 2.24) is 14.8 Å². The maximum absolute atomic E-state index is 12.4. The summed E-state index contributed by atoms with van der Waals surface area (Å²) in [5.41, 5.74) is 1.90. The van der Waals surface area contributed by atoms with Gasteiger partial charge in [0.15, 0.2) is 0 Å². The lowest BCUT2D eigenvalue weighted by molar-refractivity contribution is -0.137. The molecule has 0 amide bonds. The third kappa shape index (κ3) is 4.49. The molecule has 0 spiro atoms. The number of Topliss-reactive ketones (excluding diaryl/α,β-unsaturated/α-hetero) is 1. The number of carbonyl (C=O) groups is 2. The zero-order valence-electron chi connectivity index (χ0n) is 14.7. The molecule has 0 aliphatic heterocycles. The smallest absolute Gasteiger partial charge is 0.303 e. The van der Waals surface area contributed by atoms with Crippen LogP contribution < -0.4 is 0 Å². The number of carboxylic acid groups (broad SMARTS) is 1. The van der Waals surface area contributed by atoms with Gasteiger partial charge in [-0.3, -0.25) is 9.59 Å². The van der Waals surface area contributed by atoms with Crippen molar-refractivity contribution in [3.63, 3.8) is 0 Å². The molecule has 3 rings (SSSR count). The molecule has 1 N–H and O–H groups in total. The van der Waals surface area contributed by atoms with E-state index in [4.69, 9.17) is 16.7 Å². The van der Waals surface area contributed by atoms with E-state index in [0.717, 1.165) is 29.8 Å². The number of carboxylic acids is 1. The molecule has 1 aromatic heterocycles. The molecule has 2 aromatic rings. The van der Waals surface area contributed by atoms with E-state index in [9.17, 15) is 9.59 Å². The highest BCUT2D eigenvalue weighted by atomic mass is 35.5. The Hall–Kier alpha value is -2.21. The van der Waals surface area contributed by atoms with Crippen LogP contribution in [0.25, 0.3) is 0 Å². The van der Waals surface area contributed by atoms with Crippen LogP contribution >= 0.6 is 11.6 Å². The van der Waals surface area contributed by atoms with Crippen molar-refractivity contribution in [3.05, 3.63) is 46.0 Å². The summed E-state index contributed by atoms with van der Waals surface area (Å²) < 4.78 is 2.04. The van der Waals surface area contributed by atoms with Gasteiger partial charge < -0.3 is 9.67 Å². The van der Waals surface area contributed by atoms with E-state index in [-0.39, 0.29) is 12.2 Å². The van der Waals surface area contributed by atoms with Gasteiger partial charge in [-0.05, 0) is 37.0 Å². The van der Waals surface area contributed by atoms with Crippen LogP contribution in [0, 0.1) is 6.92 Å². The summed E-state index contributed by atoms with van der Waals surface area (Å²) in [6, 6.07) is 5.96. The van der Waals surface area contributed by atoms with Gasteiger partial charge in [0.2, 0.25) is 0 Å². The molecule has 1 fully saturated rings. The van der Waals surface area contributed by atoms with Crippen molar-refractivity contribution in [2.24, 2.45) is 0 Å². The van der Waals surface area contributed by atoms with Crippen LogP contribution in [0.15, 0.2) is 18.2 Å². The second kappa shape index (κ2) is 7.99. The van der Waals surface area contributed by atoms with Gasteiger partial charge in [-0.25, -0.2) is 0 Å². The summed E-state index contributed by atoms with van der Waals surface area (Å²) >= 11 is 6.11. The Morgan fingerprint density at radius 2 is 1.85 bits per heavy atom. The van der Waals surface area contributed by atoms with Crippen LogP contribution in [-0.4, -0.2) is 31.6 Å². The van der Waals surface area contributed by atoms with Crippen molar-refractivity contribution in [2.45, 2.75) is 57.9 Å². The predicted molar refractivity (Wildman–Crippen MR) is 97.5 cm³/mol. The topological polar surface area (TPSA) is 85.1 Å². The van der Waals surface area contributed by atoms with E-state index in [0.29, 0.717) is 42.6 Å². The van der Waals surface area contributed by atoms with E-state index in [1.807, 2.05) is 29.7 Å². The Balaban J connectivity index is 1.63. The molecule has 1 saturated carbocycles. The number of nitrogens with zero attached hydrogens (tertiary/aromatic N) is 3. The van der Waals surface area contributed by atoms with E-state index in [2.05, 4.69) is 10.2 Å².